The van der Waals surface area contributed by atoms with E-state index in [-0.39, 0.29) is 47.7 Å². The molecule has 8 heteroatoms. The second kappa shape index (κ2) is 7.82. The van der Waals surface area contributed by atoms with Gasteiger partial charge in [-0.1, -0.05) is 18.2 Å². The summed E-state index contributed by atoms with van der Waals surface area (Å²) in [5.74, 6) is 0.0836. The minimum absolute atomic E-state index is 0.0604. The number of amides is 1. The Morgan fingerprint density at radius 1 is 1.09 bits per heavy atom. The number of piperidine rings is 1. The zero-order valence-corrected chi connectivity index (χ0v) is 18.9. The van der Waals surface area contributed by atoms with Crippen LogP contribution >= 0.6 is 0 Å². The number of Topliss-reactive ketones (excluding diaryl/α,β-unsaturated/α-hetero) is 2. The Hall–Kier alpha value is -3.42. The molecule has 0 N–H and O–H groups in total. The monoisotopic (exact) mass is 460 g/mol. The van der Waals surface area contributed by atoms with Crippen molar-refractivity contribution >= 4 is 28.5 Å². The van der Waals surface area contributed by atoms with Crippen LogP contribution in [0.4, 0.5) is 4.39 Å². The zero-order valence-electron chi connectivity index (χ0n) is 18.9. The van der Waals surface area contributed by atoms with Crippen LogP contribution in [0.3, 0.4) is 0 Å². The summed E-state index contributed by atoms with van der Waals surface area (Å²) in [4.78, 5) is 44.7. The fraction of sp³-hybridized carbons (Fsp3) is 0.423. The average molecular weight is 461 g/mol. The summed E-state index contributed by atoms with van der Waals surface area (Å²) in [6.45, 7) is 1.38. The van der Waals surface area contributed by atoms with E-state index >= 15 is 0 Å². The number of carbonyl (C=O) groups is 3. The van der Waals surface area contributed by atoms with Gasteiger partial charge < -0.3 is 4.90 Å². The van der Waals surface area contributed by atoms with Crippen molar-refractivity contribution in [1.29, 1.82) is 0 Å². The van der Waals surface area contributed by atoms with Gasteiger partial charge in [-0.05, 0) is 60.8 Å². The van der Waals surface area contributed by atoms with E-state index in [1.54, 1.807) is 35.4 Å². The maximum atomic E-state index is 14.1. The van der Waals surface area contributed by atoms with Gasteiger partial charge in [0, 0.05) is 25.6 Å². The molecular formula is C26H25FN4O3. The second-order valence-electron chi connectivity index (χ2n) is 9.85. The average Bonchev–Trinajstić information content (AvgIpc) is 3.69. The quantitative estimate of drug-likeness (QED) is 0.504. The molecule has 3 aliphatic rings. The van der Waals surface area contributed by atoms with E-state index < -0.39 is 6.04 Å². The van der Waals surface area contributed by atoms with Crippen LogP contribution in [-0.2, 0) is 16.1 Å². The predicted octanol–water partition coefficient (Wildman–Crippen LogP) is 3.53. The first kappa shape index (κ1) is 21.1. The summed E-state index contributed by atoms with van der Waals surface area (Å²) in [7, 11) is 0. The number of nitrogens with zero attached hydrogens (tertiary/aromatic N) is 4. The molecule has 3 aromatic rings. The van der Waals surface area contributed by atoms with Gasteiger partial charge in [0.05, 0.1) is 11.4 Å². The summed E-state index contributed by atoms with van der Waals surface area (Å²) < 4.78 is 15.6. The fourth-order valence-electron chi connectivity index (χ4n) is 5.72. The molecule has 0 radical (unpaired) electrons. The highest BCUT2D eigenvalue weighted by molar-refractivity contribution is 6.04. The molecule has 2 saturated carbocycles. The highest BCUT2D eigenvalue weighted by Crippen LogP contribution is 2.53. The van der Waals surface area contributed by atoms with Crippen LogP contribution < -0.4 is 0 Å². The van der Waals surface area contributed by atoms with Crippen LogP contribution in [0, 0.1) is 17.7 Å². The Balaban J connectivity index is 1.17. The van der Waals surface area contributed by atoms with Gasteiger partial charge in [0.1, 0.15) is 18.1 Å². The standard InChI is InChI=1S/C26H25FN4O3/c1-14(32)25-18-6-4-8-28-26(18)30(29-25)13-24(34)31-21-10-16(21)11-22(31)23(33)12-15-9-19(15)17-5-2-3-7-20(17)27/h2-8,15-16,19,21-22H,9-13H2,1H3/t15-,16+,19+,21+,22-/m0/s1. The number of aromatic nitrogens is 3. The van der Waals surface area contributed by atoms with Crippen molar-refractivity contribution in [2.24, 2.45) is 11.8 Å². The van der Waals surface area contributed by atoms with Crippen LogP contribution in [0.25, 0.3) is 11.0 Å². The summed E-state index contributed by atoms with van der Waals surface area (Å²) in [5.41, 5.74) is 1.46. The molecule has 7 nitrogen and oxygen atoms in total. The third-order valence-corrected chi connectivity index (χ3v) is 7.58. The van der Waals surface area contributed by atoms with Crippen LogP contribution in [0.1, 0.15) is 54.6 Å². The zero-order chi connectivity index (χ0) is 23.6. The lowest BCUT2D eigenvalue weighted by Crippen LogP contribution is -2.44. The maximum Gasteiger partial charge on any atom is 0.245 e. The van der Waals surface area contributed by atoms with Gasteiger partial charge in [0.2, 0.25) is 5.91 Å². The molecule has 5 atom stereocenters. The predicted molar refractivity (Wildman–Crippen MR) is 122 cm³/mol. The number of ketones is 2. The van der Waals surface area contributed by atoms with Crippen LogP contribution in [0.2, 0.25) is 0 Å². The molecule has 2 aliphatic carbocycles. The largest absolute Gasteiger partial charge is 0.328 e. The highest BCUT2D eigenvalue weighted by Gasteiger charge is 2.56. The lowest BCUT2D eigenvalue weighted by atomic mass is 10.00. The Kier molecular flexibility index (Phi) is 4.86. The minimum Gasteiger partial charge on any atom is -0.328 e. The van der Waals surface area contributed by atoms with Gasteiger partial charge in [-0.2, -0.15) is 5.10 Å². The van der Waals surface area contributed by atoms with E-state index in [4.69, 9.17) is 0 Å². The number of pyridine rings is 1. The lowest BCUT2D eigenvalue weighted by molar-refractivity contribution is -0.139. The molecule has 1 amide bonds. The van der Waals surface area contributed by atoms with Crippen molar-refractivity contribution in [2.75, 3.05) is 0 Å². The Bertz CT molecular complexity index is 1330. The van der Waals surface area contributed by atoms with Crippen LogP contribution in [0.5, 0.6) is 0 Å². The van der Waals surface area contributed by atoms with E-state index in [0.717, 1.165) is 12.8 Å². The molecule has 1 aliphatic heterocycles. The van der Waals surface area contributed by atoms with E-state index in [2.05, 4.69) is 10.1 Å². The summed E-state index contributed by atoms with van der Waals surface area (Å²) in [5, 5.41) is 4.98. The van der Waals surface area contributed by atoms with E-state index in [0.29, 0.717) is 41.1 Å². The number of hydrogen-bond donors (Lipinski definition) is 0. The van der Waals surface area contributed by atoms with Gasteiger partial charge >= 0.3 is 0 Å². The Labute approximate surface area is 195 Å². The summed E-state index contributed by atoms with van der Waals surface area (Å²) in [6.07, 6.45) is 4.40. The van der Waals surface area contributed by atoms with E-state index in [1.807, 2.05) is 6.07 Å². The Morgan fingerprint density at radius 3 is 2.71 bits per heavy atom. The SMILES string of the molecule is CC(=O)c1nn(CC(=O)N2[C@@H]3C[C@@H]3C[C@H]2C(=O)C[C@@H]2C[C@H]2c2ccccc2F)c2ncccc12. The topological polar surface area (TPSA) is 85.2 Å². The fourth-order valence-corrected chi connectivity index (χ4v) is 5.72. The number of carbonyl (C=O) groups excluding carboxylic acids is 3. The summed E-state index contributed by atoms with van der Waals surface area (Å²) >= 11 is 0. The molecular weight excluding hydrogens is 435 g/mol. The first-order valence-corrected chi connectivity index (χ1v) is 11.8. The molecule has 2 aromatic heterocycles. The number of likely N-dealkylation sites (tertiary alicyclic amines) is 1. The van der Waals surface area contributed by atoms with Crippen molar-refractivity contribution in [2.45, 2.75) is 57.2 Å². The van der Waals surface area contributed by atoms with Crippen molar-refractivity contribution < 1.29 is 18.8 Å². The van der Waals surface area contributed by atoms with Gasteiger partial charge in [-0.3, -0.25) is 14.4 Å². The second-order valence-corrected chi connectivity index (χ2v) is 9.85. The number of halogens is 1. The number of benzene rings is 1. The first-order chi connectivity index (χ1) is 16.4. The molecule has 1 aromatic carbocycles. The number of fused-ring (bicyclic) bond motifs is 2. The van der Waals surface area contributed by atoms with E-state index in [1.165, 1.54) is 17.7 Å². The van der Waals surface area contributed by atoms with E-state index in [9.17, 15) is 18.8 Å². The van der Waals surface area contributed by atoms with Crippen molar-refractivity contribution in [1.82, 2.24) is 19.7 Å². The van der Waals surface area contributed by atoms with Gasteiger partial charge in [-0.15, -0.1) is 0 Å². The van der Waals surface area contributed by atoms with Crippen molar-refractivity contribution in [3.05, 3.63) is 59.7 Å². The molecule has 34 heavy (non-hydrogen) atoms. The molecule has 0 unspecified atom stereocenters. The van der Waals surface area contributed by atoms with Crippen molar-refractivity contribution in [3.8, 4) is 0 Å². The Morgan fingerprint density at radius 2 is 1.91 bits per heavy atom. The molecule has 1 saturated heterocycles. The van der Waals surface area contributed by atoms with Crippen molar-refractivity contribution in [3.63, 3.8) is 0 Å². The maximum absolute atomic E-state index is 14.1. The normalized spacial score (nSPS) is 27.0. The molecule has 6 rings (SSSR count). The molecule has 3 fully saturated rings. The number of rotatable bonds is 7. The molecule has 0 spiro atoms. The summed E-state index contributed by atoms with van der Waals surface area (Å²) in [6, 6.07) is 9.93. The molecule has 174 valence electrons. The molecule has 3 heterocycles. The third-order valence-electron chi connectivity index (χ3n) is 7.58. The van der Waals surface area contributed by atoms with Gasteiger partial charge in [0.25, 0.3) is 0 Å². The lowest BCUT2D eigenvalue weighted by Gasteiger charge is -2.27. The highest BCUT2D eigenvalue weighted by atomic mass is 19.1. The first-order valence-electron chi connectivity index (χ1n) is 11.8. The van der Waals surface area contributed by atoms with Crippen LogP contribution in [0.15, 0.2) is 42.6 Å². The minimum atomic E-state index is -0.430. The smallest absolute Gasteiger partial charge is 0.245 e. The van der Waals surface area contributed by atoms with Crippen LogP contribution in [-0.4, -0.2) is 49.2 Å². The van der Waals surface area contributed by atoms with Gasteiger partial charge in [0.15, 0.2) is 17.2 Å². The molecule has 0 bridgehead atoms. The third kappa shape index (κ3) is 3.52. The van der Waals surface area contributed by atoms with Gasteiger partial charge in [-0.25, -0.2) is 14.1 Å². The number of hydrogen-bond acceptors (Lipinski definition) is 5.